The van der Waals surface area contributed by atoms with Crippen LogP contribution in [0.4, 0.5) is 0 Å². The highest BCUT2D eigenvalue weighted by molar-refractivity contribution is 7.52. The Labute approximate surface area is 202 Å². The Bertz CT molecular complexity index is 1010. The molecule has 1 aromatic carbocycles. The van der Waals surface area contributed by atoms with Gasteiger partial charge in [-0.15, -0.1) is 0 Å². The maximum Gasteiger partial charge on any atom is 0.329 e. The third-order valence-corrected chi connectivity index (χ3v) is 8.74. The van der Waals surface area contributed by atoms with Gasteiger partial charge in [0.2, 0.25) is 0 Å². The Morgan fingerprint density at radius 2 is 0.361 bits per heavy atom. The van der Waals surface area contributed by atoms with Gasteiger partial charge in [-0.05, 0) is 33.4 Å². The lowest BCUT2D eigenvalue weighted by Gasteiger charge is -2.28. The van der Waals surface area contributed by atoms with Gasteiger partial charge in [0, 0.05) is 0 Å². The Kier molecular flexibility index (Phi) is 10.7. The van der Waals surface area contributed by atoms with Gasteiger partial charge < -0.3 is 58.7 Å². The van der Waals surface area contributed by atoms with Crippen LogP contribution in [0.15, 0.2) is 0 Å². The fraction of sp³-hybridized carbons (Fsp3) is 0.500. The van der Waals surface area contributed by atoms with Crippen molar-refractivity contribution < 1.29 is 86.1 Å². The van der Waals surface area contributed by atoms with Crippen LogP contribution >= 0.6 is 45.6 Å². The second-order valence-corrected chi connectivity index (χ2v) is 17.7. The molecule has 0 unspecified atom stereocenters. The van der Waals surface area contributed by atoms with Crippen molar-refractivity contribution in [1.82, 2.24) is 0 Å². The van der Waals surface area contributed by atoms with Crippen molar-refractivity contribution >= 4 is 45.6 Å². The minimum atomic E-state index is -5.32. The van der Waals surface area contributed by atoms with E-state index in [2.05, 4.69) is 0 Å². The molecular formula is C12H24O18P6. The van der Waals surface area contributed by atoms with E-state index in [-0.39, 0.29) is 0 Å². The zero-order valence-corrected chi connectivity index (χ0v) is 23.1. The van der Waals surface area contributed by atoms with Gasteiger partial charge in [0.25, 0.3) is 0 Å². The van der Waals surface area contributed by atoms with Gasteiger partial charge in [-0.3, -0.25) is 27.4 Å². The first-order chi connectivity index (χ1) is 15.6. The highest BCUT2D eigenvalue weighted by atomic mass is 31.2. The molecule has 0 aliphatic heterocycles. The van der Waals surface area contributed by atoms with Crippen molar-refractivity contribution in [2.75, 3.05) is 0 Å². The van der Waals surface area contributed by atoms with Gasteiger partial charge in [-0.1, -0.05) is 0 Å². The van der Waals surface area contributed by atoms with Crippen LogP contribution < -0.4 is 0 Å². The van der Waals surface area contributed by atoms with Crippen molar-refractivity contribution in [3.8, 4) is 0 Å². The van der Waals surface area contributed by atoms with Crippen molar-refractivity contribution in [2.24, 2.45) is 0 Å². The van der Waals surface area contributed by atoms with E-state index in [1.165, 1.54) is 0 Å². The standard InChI is InChI=1S/C12H24O18P6/c13-31(14,15)1-7-8(2-32(16,17)18)10(4-34(22,23)24)12(6-36(28,29)30)11(5-35(25,26)27)9(7)3-33(19,20)21/h1-6H2,(H2,13,14,15)(H2,16,17,18)(H2,19,20,21)(H2,22,23,24)(H2,25,26,27)(H2,28,29,30). The number of benzene rings is 1. The molecule has 36 heavy (non-hydrogen) atoms. The van der Waals surface area contributed by atoms with E-state index in [9.17, 15) is 86.1 Å². The molecule has 18 nitrogen and oxygen atoms in total. The summed E-state index contributed by atoms with van der Waals surface area (Å²) in [4.78, 5) is 114. The first-order valence-electron chi connectivity index (χ1n) is 9.01. The lowest BCUT2D eigenvalue weighted by atomic mass is 9.90. The van der Waals surface area contributed by atoms with E-state index in [0.717, 1.165) is 0 Å². The molecule has 0 aromatic heterocycles. The van der Waals surface area contributed by atoms with E-state index >= 15 is 0 Å². The molecule has 210 valence electrons. The summed E-state index contributed by atoms with van der Waals surface area (Å²) >= 11 is 0. The molecule has 0 bridgehead atoms. The first-order valence-corrected chi connectivity index (χ1v) is 19.8. The summed E-state index contributed by atoms with van der Waals surface area (Å²) in [5, 5.41) is 0. The largest absolute Gasteiger partial charge is 0.329 e. The topological polar surface area (TPSA) is 345 Å². The fourth-order valence-corrected chi connectivity index (χ4v) is 8.24. The third-order valence-electron chi connectivity index (χ3n) is 4.37. The van der Waals surface area contributed by atoms with E-state index in [4.69, 9.17) is 0 Å². The average Bonchev–Trinajstić information content (AvgIpc) is 2.51. The van der Waals surface area contributed by atoms with Crippen LogP contribution in [0.2, 0.25) is 0 Å². The second kappa shape index (κ2) is 11.3. The number of hydrogen-bond acceptors (Lipinski definition) is 6. The van der Waals surface area contributed by atoms with Gasteiger partial charge in [0.1, 0.15) is 0 Å². The molecule has 24 heteroatoms. The summed E-state index contributed by atoms with van der Waals surface area (Å²) in [5.41, 5.74) is -5.94. The van der Waals surface area contributed by atoms with E-state index in [0.29, 0.717) is 0 Å². The number of rotatable bonds is 12. The van der Waals surface area contributed by atoms with Crippen molar-refractivity contribution in [2.45, 2.75) is 37.0 Å². The molecule has 0 amide bonds. The summed E-state index contributed by atoms with van der Waals surface area (Å²) in [7, 11) is -31.9. The average molecular weight is 642 g/mol. The molecule has 0 saturated carbocycles. The lowest BCUT2D eigenvalue weighted by Crippen LogP contribution is -2.15. The zero-order chi connectivity index (χ0) is 28.7. The van der Waals surface area contributed by atoms with E-state index in [1.807, 2.05) is 0 Å². The Balaban J connectivity index is 4.58. The molecule has 0 heterocycles. The minimum absolute atomic E-state index is 0.989. The molecule has 0 radical (unpaired) electrons. The molecule has 0 aliphatic rings. The minimum Gasteiger partial charge on any atom is -0.324 e. The van der Waals surface area contributed by atoms with Crippen LogP contribution in [0.25, 0.3) is 0 Å². The van der Waals surface area contributed by atoms with Gasteiger partial charge in [0.15, 0.2) is 0 Å². The molecule has 0 atom stereocenters. The van der Waals surface area contributed by atoms with Crippen molar-refractivity contribution in [3.05, 3.63) is 33.4 Å². The number of hydrogen-bond donors (Lipinski definition) is 12. The second-order valence-electron chi connectivity index (χ2n) is 7.81. The molecule has 0 aliphatic carbocycles. The van der Waals surface area contributed by atoms with E-state index < -0.39 is 116 Å². The quantitative estimate of drug-likeness (QED) is 0.131. The van der Waals surface area contributed by atoms with Crippen molar-refractivity contribution in [3.63, 3.8) is 0 Å². The van der Waals surface area contributed by atoms with Gasteiger partial charge in [0.05, 0.1) is 37.0 Å². The molecule has 0 fully saturated rings. The third kappa shape index (κ3) is 12.8. The molecular weight excluding hydrogens is 618 g/mol. The summed E-state index contributed by atoms with van der Waals surface area (Å²) in [5.74, 6) is 0. The predicted molar refractivity (Wildman–Crippen MR) is 121 cm³/mol. The Morgan fingerprint density at radius 3 is 0.417 bits per heavy atom. The van der Waals surface area contributed by atoms with Gasteiger partial charge >= 0.3 is 45.6 Å². The summed E-state index contributed by atoms with van der Waals surface area (Å²) < 4.78 is 70.9. The van der Waals surface area contributed by atoms with Gasteiger partial charge in [-0.25, -0.2) is 0 Å². The van der Waals surface area contributed by atoms with Crippen LogP contribution in [0.3, 0.4) is 0 Å². The predicted octanol–water partition coefficient (Wildman–Crippen LogP) is -0.247. The monoisotopic (exact) mass is 642 g/mol. The van der Waals surface area contributed by atoms with Gasteiger partial charge in [-0.2, -0.15) is 0 Å². The van der Waals surface area contributed by atoms with Crippen LogP contribution in [-0.2, 0) is 64.4 Å². The Hall–Kier alpha value is 0.120. The SMILES string of the molecule is O=P(O)(O)Cc1c(CP(=O)(O)O)c(CP(=O)(O)O)c(CP(=O)(O)O)c(CP(=O)(O)O)c1CP(=O)(O)O. The van der Waals surface area contributed by atoms with E-state index in [1.54, 1.807) is 0 Å². The fourth-order valence-electron chi connectivity index (χ4n) is 3.47. The van der Waals surface area contributed by atoms with Crippen LogP contribution in [0, 0.1) is 0 Å². The summed E-state index contributed by atoms with van der Waals surface area (Å²) in [6.07, 6.45) is -9.36. The van der Waals surface area contributed by atoms with Crippen LogP contribution in [0.1, 0.15) is 33.4 Å². The van der Waals surface area contributed by atoms with Crippen LogP contribution in [-0.4, -0.2) is 58.7 Å². The molecule has 1 rings (SSSR count). The van der Waals surface area contributed by atoms with Crippen molar-refractivity contribution in [1.29, 1.82) is 0 Å². The van der Waals surface area contributed by atoms with Crippen LogP contribution in [0.5, 0.6) is 0 Å². The summed E-state index contributed by atoms with van der Waals surface area (Å²) in [6, 6.07) is 0. The zero-order valence-electron chi connectivity index (χ0n) is 17.7. The Morgan fingerprint density at radius 1 is 0.278 bits per heavy atom. The lowest BCUT2D eigenvalue weighted by molar-refractivity contribution is 0.362. The maximum atomic E-state index is 11.8. The summed E-state index contributed by atoms with van der Waals surface area (Å²) in [6.45, 7) is 0. The highest BCUT2D eigenvalue weighted by Crippen LogP contribution is 2.56. The molecule has 0 saturated heterocycles. The molecule has 12 N–H and O–H groups in total. The molecule has 1 aromatic rings. The highest BCUT2D eigenvalue weighted by Gasteiger charge is 2.37. The normalized spacial score (nSPS) is 14.3. The first kappa shape index (κ1) is 34.1. The molecule has 0 spiro atoms. The maximum absolute atomic E-state index is 11.8. The smallest absolute Gasteiger partial charge is 0.324 e.